The number of hydrogen-bond acceptors (Lipinski definition) is 4. The Hall–Kier alpha value is -3.28. The van der Waals surface area contributed by atoms with Crippen LogP contribution in [0.3, 0.4) is 0 Å². The van der Waals surface area contributed by atoms with Gasteiger partial charge >= 0.3 is 0 Å². The predicted molar refractivity (Wildman–Crippen MR) is 113 cm³/mol. The van der Waals surface area contributed by atoms with E-state index in [1.807, 2.05) is 50.4 Å². The molecule has 0 radical (unpaired) electrons. The van der Waals surface area contributed by atoms with E-state index in [1.165, 1.54) is 0 Å². The zero-order chi connectivity index (χ0) is 20.5. The van der Waals surface area contributed by atoms with E-state index in [0.29, 0.717) is 36.8 Å². The number of carbonyl (C=O) groups is 1. The summed E-state index contributed by atoms with van der Waals surface area (Å²) in [6.07, 6.45) is 4.57. The van der Waals surface area contributed by atoms with Crippen molar-refractivity contribution >= 4 is 5.91 Å². The molecule has 0 aliphatic carbocycles. The number of benzene rings is 2. The second-order valence-corrected chi connectivity index (χ2v) is 6.45. The number of amides is 1. The van der Waals surface area contributed by atoms with Crippen LogP contribution < -0.4 is 14.8 Å². The zero-order valence-corrected chi connectivity index (χ0v) is 16.9. The summed E-state index contributed by atoms with van der Waals surface area (Å²) >= 11 is 0. The third kappa shape index (κ3) is 5.38. The van der Waals surface area contributed by atoms with Crippen molar-refractivity contribution < 1.29 is 14.3 Å². The van der Waals surface area contributed by atoms with Crippen LogP contribution in [-0.2, 0) is 6.54 Å². The molecule has 152 valence electrons. The molecule has 6 nitrogen and oxygen atoms in total. The lowest BCUT2D eigenvalue weighted by Crippen LogP contribution is -2.25. The number of nitrogens with zero attached hydrogens (tertiary/aromatic N) is 2. The summed E-state index contributed by atoms with van der Waals surface area (Å²) < 4.78 is 13.2. The standard InChI is InChI=1S/C23H27N3O3/c1-3-28-20-12-11-19(17-21(20)29-4-2)23(27)25-13-8-15-26-16-14-24-22(26)18-9-6-5-7-10-18/h5-7,9-12,14,16-17H,3-4,8,13,15H2,1-2H3,(H,25,27). The molecule has 1 aromatic heterocycles. The Morgan fingerprint density at radius 1 is 1.03 bits per heavy atom. The Balaban J connectivity index is 1.54. The van der Waals surface area contributed by atoms with Gasteiger partial charge in [0.15, 0.2) is 11.5 Å². The molecule has 0 bridgehead atoms. The molecule has 0 saturated heterocycles. The van der Waals surface area contributed by atoms with Gasteiger partial charge in [0.05, 0.1) is 13.2 Å². The van der Waals surface area contributed by atoms with Crippen LogP contribution in [-0.4, -0.2) is 35.2 Å². The zero-order valence-electron chi connectivity index (χ0n) is 16.9. The molecule has 0 spiro atoms. The summed E-state index contributed by atoms with van der Waals surface area (Å²) in [5.74, 6) is 2.06. The van der Waals surface area contributed by atoms with Crippen LogP contribution >= 0.6 is 0 Å². The maximum atomic E-state index is 12.5. The lowest BCUT2D eigenvalue weighted by Gasteiger charge is -2.13. The van der Waals surface area contributed by atoms with Crippen LogP contribution in [0.1, 0.15) is 30.6 Å². The molecule has 1 amide bonds. The lowest BCUT2D eigenvalue weighted by atomic mass is 10.2. The molecule has 0 aliphatic heterocycles. The molecule has 0 fully saturated rings. The third-order valence-electron chi connectivity index (χ3n) is 4.41. The van der Waals surface area contributed by atoms with Crippen molar-refractivity contribution in [1.29, 1.82) is 0 Å². The highest BCUT2D eigenvalue weighted by Crippen LogP contribution is 2.28. The maximum absolute atomic E-state index is 12.5. The van der Waals surface area contributed by atoms with Gasteiger partial charge in [0, 0.05) is 36.6 Å². The number of rotatable bonds is 10. The van der Waals surface area contributed by atoms with Crippen molar-refractivity contribution in [1.82, 2.24) is 14.9 Å². The SMILES string of the molecule is CCOc1ccc(C(=O)NCCCn2ccnc2-c2ccccc2)cc1OCC. The molecule has 2 aromatic carbocycles. The van der Waals surface area contributed by atoms with Crippen LogP contribution in [0.5, 0.6) is 11.5 Å². The Bertz CT molecular complexity index is 922. The quantitative estimate of drug-likeness (QED) is 0.525. The molecule has 0 unspecified atom stereocenters. The van der Waals surface area contributed by atoms with E-state index in [4.69, 9.17) is 9.47 Å². The van der Waals surface area contributed by atoms with E-state index >= 15 is 0 Å². The van der Waals surface area contributed by atoms with E-state index in [1.54, 1.807) is 24.4 Å². The van der Waals surface area contributed by atoms with Gasteiger partial charge in [-0.25, -0.2) is 4.98 Å². The van der Waals surface area contributed by atoms with Gasteiger partial charge in [0.1, 0.15) is 5.82 Å². The number of nitrogens with one attached hydrogen (secondary N) is 1. The monoisotopic (exact) mass is 393 g/mol. The summed E-state index contributed by atoms with van der Waals surface area (Å²) in [5, 5.41) is 2.97. The molecule has 0 aliphatic rings. The molecule has 29 heavy (non-hydrogen) atoms. The van der Waals surface area contributed by atoms with Gasteiger partial charge in [0.25, 0.3) is 5.91 Å². The largest absolute Gasteiger partial charge is 0.490 e. The van der Waals surface area contributed by atoms with Gasteiger partial charge in [-0.2, -0.15) is 0 Å². The Kier molecular flexibility index (Phi) is 7.28. The first-order chi connectivity index (χ1) is 14.2. The Labute approximate surface area is 171 Å². The Morgan fingerprint density at radius 2 is 1.79 bits per heavy atom. The van der Waals surface area contributed by atoms with Crippen molar-refractivity contribution in [2.75, 3.05) is 19.8 Å². The second kappa shape index (κ2) is 10.3. The van der Waals surface area contributed by atoms with Crippen LogP contribution in [0, 0.1) is 0 Å². The minimum atomic E-state index is -0.122. The first-order valence-electron chi connectivity index (χ1n) is 9.97. The summed E-state index contributed by atoms with van der Waals surface area (Å²) in [5.41, 5.74) is 1.64. The molecular formula is C23H27N3O3. The number of aromatic nitrogens is 2. The smallest absolute Gasteiger partial charge is 0.251 e. The fraction of sp³-hybridized carbons (Fsp3) is 0.304. The summed E-state index contributed by atoms with van der Waals surface area (Å²) in [6, 6.07) is 15.3. The Morgan fingerprint density at radius 3 is 2.55 bits per heavy atom. The minimum Gasteiger partial charge on any atom is -0.490 e. The summed E-state index contributed by atoms with van der Waals surface area (Å²) in [7, 11) is 0. The summed E-state index contributed by atoms with van der Waals surface area (Å²) in [6.45, 7) is 6.23. The van der Waals surface area contributed by atoms with Crippen molar-refractivity contribution in [3.05, 3.63) is 66.5 Å². The van der Waals surface area contributed by atoms with Gasteiger partial charge in [0.2, 0.25) is 0 Å². The van der Waals surface area contributed by atoms with E-state index in [9.17, 15) is 4.79 Å². The van der Waals surface area contributed by atoms with E-state index in [0.717, 1.165) is 24.4 Å². The van der Waals surface area contributed by atoms with Gasteiger partial charge in [-0.3, -0.25) is 4.79 Å². The predicted octanol–water partition coefficient (Wildman–Crippen LogP) is 4.17. The minimum absolute atomic E-state index is 0.122. The maximum Gasteiger partial charge on any atom is 0.251 e. The number of ether oxygens (including phenoxy) is 2. The molecule has 6 heteroatoms. The number of imidazole rings is 1. The van der Waals surface area contributed by atoms with Crippen molar-refractivity contribution in [2.45, 2.75) is 26.8 Å². The van der Waals surface area contributed by atoms with Gasteiger partial charge in [-0.05, 0) is 38.5 Å². The van der Waals surface area contributed by atoms with Crippen molar-refractivity contribution in [2.24, 2.45) is 0 Å². The average Bonchev–Trinajstić information content (AvgIpc) is 3.22. The number of aryl methyl sites for hydroxylation is 1. The summed E-state index contributed by atoms with van der Waals surface area (Å²) in [4.78, 5) is 16.9. The van der Waals surface area contributed by atoms with E-state index < -0.39 is 0 Å². The second-order valence-electron chi connectivity index (χ2n) is 6.45. The molecule has 1 N–H and O–H groups in total. The first-order valence-corrected chi connectivity index (χ1v) is 9.97. The molecular weight excluding hydrogens is 366 g/mol. The number of hydrogen-bond donors (Lipinski definition) is 1. The van der Waals surface area contributed by atoms with Crippen LogP contribution in [0.25, 0.3) is 11.4 Å². The molecule has 1 heterocycles. The van der Waals surface area contributed by atoms with E-state index in [2.05, 4.69) is 14.9 Å². The lowest BCUT2D eigenvalue weighted by molar-refractivity contribution is 0.0952. The van der Waals surface area contributed by atoms with Gasteiger partial charge in [-0.1, -0.05) is 30.3 Å². The average molecular weight is 393 g/mol. The highest BCUT2D eigenvalue weighted by molar-refractivity contribution is 5.94. The molecule has 0 atom stereocenters. The molecule has 0 saturated carbocycles. The first kappa shape index (κ1) is 20.5. The van der Waals surface area contributed by atoms with Gasteiger partial charge in [-0.15, -0.1) is 0 Å². The fourth-order valence-corrected chi connectivity index (χ4v) is 3.08. The fourth-order valence-electron chi connectivity index (χ4n) is 3.08. The van der Waals surface area contributed by atoms with Crippen molar-refractivity contribution in [3.63, 3.8) is 0 Å². The van der Waals surface area contributed by atoms with Gasteiger partial charge < -0.3 is 19.4 Å². The normalized spacial score (nSPS) is 10.6. The highest BCUT2D eigenvalue weighted by Gasteiger charge is 2.11. The van der Waals surface area contributed by atoms with E-state index in [-0.39, 0.29) is 5.91 Å². The van der Waals surface area contributed by atoms with Crippen LogP contribution in [0.4, 0.5) is 0 Å². The third-order valence-corrected chi connectivity index (χ3v) is 4.41. The molecule has 3 aromatic rings. The molecule has 3 rings (SSSR count). The highest BCUT2D eigenvalue weighted by atomic mass is 16.5. The van der Waals surface area contributed by atoms with Crippen molar-refractivity contribution in [3.8, 4) is 22.9 Å². The van der Waals surface area contributed by atoms with Crippen LogP contribution in [0.15, 0.2) is 60.9 Å². The number of carbonyl (C=O) groups excluding carboxylic acids is 1. The topological polar surface area (TPSA) is 65.4 Å². The van der Waals surface area contributed by atoms with Crippen LogP contribution in [0.2, 0.25) is 0 Å².